The molecule has 0 unspecified atom stereocenters. The summed E-state index contributed by atoms with van der Waals surface area (Å²) in [5.74, 6) is -1.33. The third-order valence-corrected chi connectivity index (χ3v) is 4.99. The average Bonchev–Trinajstić information content (AvgIpc) is 3.35. The summed E-state index contributed by atoms with van der Waals surface area (Å²) in [5, 5.41) is 9.49. The molecule has 2 aromatic carbocycles. The first-order chi connectivity index (χ1) is 16.4. The van der Waals surface area contributed by atoms with Gasteiger partial charge in [-0.05, 0) is 54.8 Å². The van der Waals surface area contributed by atoms with Gasteiger partial charge in [-0.2, -0.15) is 5.10 Å². The molecule has 0 aromatic heterocycles. The molecular weight excluding hydrogens is 464 g/mol. The van der Waals surface area contributed by atoms with Crippen molar-refractivity contribution in [2.45, 2.75) is 18.9 Å². The van der Waals surface area contributed by atoms with Crippen LogP contribution in [-0.4, -0.2) is 56.9 Å². The molecule has 1 aliphatic heterocycles. The summed E-state index contributed by atoms with van der Waals surface area (Å²) in [5.41, 5.74) is 3.30. The quantitative estimate of drug-likeness (QED) is 0.282. The minimum Gasteiger partial charge on any atom is -0.493 e. The first-order valence-electron chi connectivity index (χ1n) is 10.5. The largest absolute Gasteiger partial charge is 0.493 e. The van der Waals surface area contributed by atoms with E-state index < -0.39 is 11.8 Å². The first kappa shape index (κ1) is 25.0. The lowest BCUT2D eigenvalue weighted by molar-refractivity contribution is -0.139. The molecule has 1 heterocycles. The van der Waals surface area contributed by atoms with Crippen LogP contribution in [0.15, 0.2) is 47.6 Å². The van der Waals surface area contributed by atoms with E-state index in [1.54, 1.807) is 42.5 Å². The molecule has 34 heavy (non-hydrogen) atoms. The van der Waals surface area contributed by atoms with Gasteiger partial charge in [-0.15, -0.1) is 0 Å². The molecule has 1 atom stereocenters. The normalized spacial score (nSPS) is 15.1. The number of carbonyl (C=O) groups excluding carboxylic acids is 3. The summed E-state index contributed by atoms with van der Waals surface area (Å²) in [6.45, 7) is 0.708. The van der Waals surface area contributed by atoms with Crippen molar-refractivity contribution >= 4 is 41.2 Å². The van der Waals surface area contributed by atoms with E-state index in [-0.39, 0.29) is 25.2 Å². The van der Waals surface area contributed by atoms with Crippen LogP contribution in [0.25, 0.3) is 0 Å². The van der Waals surface area contributed by atoms with Gasteiger partial charge >= 0.3 is 11.8 Å². The predicted octanol–water partition coefficient (Wildman–Crippen LogP) is 2.11. The number of hydrazone groups is 1. The Bertz CT molecular complexity index is 1060. The molecule has 180 valence electrons. The maximum Gasteiger partial charge on any atom is 0.329 e. The van der Waals surface area contributed by atoms with E-state index in [0.29, 0.717) is 34.4 Å². The molecule has 10 nitrogen and oxygen atoms in total. The monoisotopic (exact) mass is 488 g/mol. The number of carbonyl (C=O) groups is 3. The van der Waals surface area contributed by atoms with Crippen molar-refractivity contribution in [3.05, 3.63) is 53.1 Å². The maximum atomic E-state index is 12.1. The molecule has 1 saturated heterocycles. The Hall–Kier alpha value is -3.63. The predicted molar refractivity (Wildman–Crippen MR) is 126 cm³/mol. The average molecular weight is 489 g/mol. The number of amides is 3. The highest BCUT2D eigenvalue weighted by atomic mass is 35.5. The Kier molecular flexibility index (Phi) is 9.24. The van der Waals surface area contributed by atoms with Crippen molar-refractivity contribution in [2.75, 3.05) is 32.2 Å². The third-order valence-electron chi connectivity index (χ3n) is 4.76. The van der Waals surface area contributed by atoms with E-state index in [2.05, 4.69) is 21.2 Å². The number of nitrogens with zero attached hydrogens (tertiary/aromatic N) is 1. The number of benzene rings is 2. The molecule has 0 aliphatic carbocycles. The SMILES string of the molecule is COc1cc(/C=N\NC(=O)C(=O)NC[C@@H]2CCCO2)ccc1OCC(=O)Nc1cccc(Cl)c1. The van der Waals surface area contributed by atoms with Gasteiger partial charge in [0.15, 0.2) is 18.1 Å². The number of rotatable bonds is 9. The zero-order valence-corrected chi connectivity index (χ0v) is 19.3. The minimum atomic E-state index is -0.883. The highest BCUT2D eigenvalue weighted by molar-refractivity contribution is 6.35. The lowest BCUT2D eigenvalue weighted by Crippen LogP contribution is -2.41. The number of anilines is 1. The van der Waals surface area contributed by atoms with Gasteiger partial charge in [-0.3, -0.25) is 14.4 Å². The zero-order valence-electron chi connectivity index (χ0n) is 18.5. The second-order valence-corrected chi connectivity index (χ2v) is 7.74. The summed E-state index contributed by atoms with van der Waals surface area (Å²) in [6.07, 6.45) is 3.09. The van der Waals surface area contributed by atoms with Crippen LogP contribution >= 0.6 is 11.6 Å². The number of halogens is 1. The summed E-state index contributed by atoms with van der Waals surface area (Å²) in [7, 11) is 1.45. The van der Waals surface area contributed by atoms with Crippen molar-refractivity contribution in [1.82, 2.24) is 10.7 Å². The number of hydrogen-bond donors (Lipinski definition) is 3. The molecule has 11 heteroatoms. The van der Waals surface area contributed by atoms with Gasteiger partial charge in [0.25, 0.3) is 5.91 Å². The van der Waals surface area contributed by atoms with E-state index in [1.807, 2.05) is 0 Å². The van der Waals surface area contributed by atoms with Gasteiger partial charge < -0.3 is 24.8 Å². The van der Waals surface area contributed by atoms with Crippen LogP contribution in [0.3, 0.4) is 0 Å². The van der Waals surface area contributed by atoms with Gasteiger partial charge in [0.1, 0.15) is 0 Å². The molecule has 3 rings (SSSR count). The molecular formula is C23H25ClN4O6. The van der Waals surface area contributed by atoms with Crippen LogP contribution in [0.5, 0.6) is 11.5 Å². The minimum absolute atomic E-state index is 0.0589. The zero-order chi connectivity index (χ0) is 24.3. The lowest BCUT2D eigenvalue weighted by Gasteiger charge is -2.11. The second-order valence-electron chi connectivity index (χ2n) is 7.30. The van der Waals surface area contributed by atoms with Crippen LogP contribution in [-0.2, 0) is 19.1 Å². The molecule has 3 N–H and O–H groups in total. The van der Waals surface area contributed by atoms with Gasteiger partial charge in [-0.25, -0.2) is 5.43 Å². The van der Waals surface area contributed by atoms with Crippen molar-refractivity contribution in [2.24, 2.45) is 5.10 Å². The van der Waals surface area contributed by atoms with Crippen molar-refractivity contribution in [3.8, 4) is 11.5 Å². The fourth-order valence-electron chi connectivity index (χ4n) is 3.10. The van der Waals surface area contributed by atoms with Crippen LogP contribution in [0.4, 0.5) is 5.69 Å². The van der Waals surface area contributed by atoms with Gasteiger partial charge in [0.2, 0.25) is 0 Å². The number of methoxy groups -OCH3 is 1. The van der Waals surface area contributed by atoms with Crippen LogP contribution in [0.1, 0.15) is 18.4 Å². The summed E-state index contributed by atoms with van der Waals surface area (Å²) in [6, 6.07) is 11.6. The Morgan fingerprint density at radius 1 is 1.18 bits per heavy atom. The summed E-state index contributed by atoms with van der Waals surface area (Å²) >= 11 is 5.91. The first-order valence-corrected chi connectivity index (χ1v) is 10.9. The van der Waals surface area contributed by atoms with E-state index in [1.165, 1.54) is 13.3 Å². The number of ether oxygens (including phenoxy) is 3. The van der Waals surface area contributed by atoms with Crippen molar-refractivity contribution in [1.29, 1.82) is 0 Å². The topological polar surface area (TPSA) is 127 Å². The van der Waals surface area contributed by atoms with Crippen molar-refractivity contribution < 1.29 is 28.6 Å². The maximum absolute atomic E-state index is 12.1. The number of hydrogen-bond acceptors (Lipinski definition) is 7. The van der Waals surface area contributed by atoms with E-state index in [0.717, 1.165) is 12.8 Å². The van der Waals surface area contributed by atoms with E-state index in [9.17, 15) is 14.4 Å². The Morgan fingerprint density at radius 2 is 2.03 bits per heavy atom. The Morgan fingerprint density at radius 3 is 2.76 bits per heavy atom. The third kappa shape index (κ3) is 7.75. The second kappa shape index (κ2) is 12.6. The van der Waals surface area contributed by atoms with Crippen LogP contribution in [0, 0.1) is 0 Å². The smallest absolute Gasteiger partial charge is 0.329 e. The van der Waals surface area contributed by atoms with Gasteiger partial charge in [0, 0.05) is 23.9 Å². The van der Waals surface area contributed by atoms with E-state index >= 15 is 0 Å². The molecule has 0 bridgehead atoms. The fourth-order valence-corrected chi connectivity index (χ4v) is 3.29. The molecule has 0 spiro atoms. The van der Waals surface area contributed by atoms with Crippen LogP contribution in [0.2, 0.25) is 5.02 Å². The molecule has 1 aliphatic rings. The van der Waals surface area contributed by atoms with Gasteiger partial charge in [-0.1, -0.05) is 17.7 Å². The molecule has 0 radical (unpaired) electrons. The number of nitrogens with one attached hydrogen (secondary N) is 3. The van der Waals surface area contributed by atoms with Crippen molar-refractivity contribution in [3.63, 3.8) is 0 Å². The molecule has 0 saturated carbocycles. The highest BCUT2D eigenvalue weighted by Gasteiger charge is 2.19. The van der Waals surface area contributed by atoms with Gasteiger partial charge in [0.05, 0.1) is 19.4 Å². The molecule has 1 fully saturated rings. The van der Waals surface area contributed by atoms with E-state index in [4.69, 9.17) is 25.8 Å². The Balaban J connectivity index is 1.47. The summed E-state index contributed by atoms with van der Waals surface area (Å²) < 4.78 is 16.2. The fraction of sp³-hybridized carbons (Fsp3) is 0.304. The summed E-state index contributed by atoms with van der Waals surface area (Å²) in [4.78, 5) is 35.8. The highest BCUT2D eigenvalue weighted by Crippen LogP contribution is 2.27. The molecule has 2 aromatic rings. The van der Waals surface area contributed by atoms with Crippen LogP contribution < -0.4 is 25.5 Å². The molecule has 3 amide bonds. The lowest BCUT2D eigenvalue weighted by atomic mass is 10.2. The Labute approximate surface area is 201 Å². The standard InChI is InChI=1S/C23H25ClN4O6/c1-32-20-10-15(12-26-28-23(31)22(30)25-13-18-6-3-9-33-18)7-8-19(20)34-14-21(29)27-17-5-2-4-16(24)11-17/h2,4-5,7-8,10-12,18H,3,6,9,13-14H2,1H3,(H,25,30)(H,27,29)(H,28,31)/b26-12-/t18-/m0/s1.